The van der Waals surface area contributed by atoms with Gasteiger partial charge in [-0.1, -0.05) is 48.5 Å². The number of carbonyl (C=O) groups is 2. The van der Waals surface area contributed by atoms with Gasteiger partial charge in [0, 0.05) is 25.2 Å². The van der Waals surface area contributed by atoms with Gasteiger partial charge in [-0.3, -0.25) is 9.10 Å². The standard InChI is InChI=1S/C27H32N4O5S/c1-20(2)31(23-13-9-6-10-14-23)37(34,35)29-27(33)28-25(19-21-11-7-5-8-12-21)26(32)30(3)22-15-17-24(36-4)18-16-22/h5-18,20,25H,19H2,1-4H3,(H2,28,29,33). The lowest BCUT2D eigenvalue weighted by Gasteiger charge is -2.29. The maximum atomic E-state index is 13.5. The van der Waals surface area contributed by atoms with E-state index < -0.39 is 34.2 Å². The summed E-state index contributed by atoms with van der Waals surface area (Å²) in [7, 11) is -1.12. The van der Waals surface area contributed by atoms with Crippen molar-refractivity contribution in [1.29, 1.82) is 0 Å². The monoisotopic (exact) mass is 524 g/mol. The van der Waals surface area contributed by atoms with E-state index in [9.17, 15) is 18.0 Å². The largest absolute Gasteiger partial charge is 0.497 e. The van der Waals surface area contributed by atoms with Gasteiger partial charge in [0.1, 0.15) is 11.8 Å². The molecule has 0 aliphatic heterocycles. The molecule has 0 heterocycles. The fraction of sp³-hybridized carbons (Fsp3) is 0.259. The lowest BCUT2D eigenvalue weighted by molar-refractivity contribution is -0.120. The number of hydrogen-bond acceptors (Lipinski definition) is 5. The summed E-state index contributed by atoms with van der Waals surface area (Å²) < 4.78 is 34.7. The Labute approximate surface area is 218 Å². The van der Waals surface area contributed by atoms with Crippen molar-refractivity contribution in [2.75, 3.05) is 23.4 Å². The van der Waals surface area contributed by atoms with Crippen molar-refractivity contribution in [2.24, 2.45) is 0 Å². The minimum Gasteiger partial charge on any atom is -0.497 e. The molecule has 0 aliphatic rings. The Balaban J connectivity index is 1.82. The minimum absolute atomic E-state index is 0.167. The summed E-state index contributed by atoms with van der Waals surface area (Å²) >= 11 is 0. The number of likely N-dealkylation sites (N-methyl/N-ethyl adjacent to an activating group) is 1. The average Bonchev–Trinajstić information content (AvgIpc) is 2.88. The summed E-state index contributed by atoms with van der Waals surface area (Å²) in [5.74, 6) is 0.228. The maximum absolute atomic E-state index is 13.5. The zero-order chi connectivity index (χ0) is 27.0. The molecule has 10 heteroatoms. The second-order valence-electron chi connectivity index (χ2n) is 8.64. The van der Waals surface area contributed by atoms with Crippen LogP contribution in [-0.4, -0.2) is 46.6 Å². The van der Waals surface area contributed by atoms with Crippen molar-refractivity contribution in [2.45, 2.75) is 32.4 Å². The first-order valence-corrected chi connectivity index (χ1v) is 13.2. The van der Waals surface area contributed by atoms with Crippen LogP contribution in [0.2, 0.25) is 0 Å². The van der Waals surface area contributed by atoms with Crippen molar-refractivity contribution >= 4 is 33.5 Å². The summed E-state index contributed by atoms with van der Waals surface area (Å²) in [5.41, 5.74) is 1.81. The van der Waals surface area contributed by atoms with E-state index in [0.717, 1.165) is 9.87 Å². The van der Waals surface area contributed by atoms with Gasteiger partial charge in [-0.2, -0.15) is 8.42 Å². The van der Waals surface area contributed by atoms with Gasteiger partial charge in [0.2, 0.25) is 5.91 Å². The number of ether oxygens (including phenoxy) is 1. The van der Waals surface area contributed by atoms with E-state index in [1.165, 1.54) is 4.90 Å². The molecule has 2 N–H and O–H groups in total. The number of amides is 3. The molecule has 1 unspecified atom stereocenters. The van der Waals surface area contributed by atoms with Gasteiger partial charge in [-0.15, -0.1) is 0 Å². The van der Waals surface area contributed by atoms with Crippen molar-refractivity contribution in [3.63, 3.8) is 0 Å². The van der Waals surface area contributed by atoms with Crippen molar-refractivity contribution in [3.05, 3.63) is 90.5 Å². The molecular weight excluding hydrogens is 492 g/mol. The predicted octanol–water partition coefficient (Wildman–Crippen LogP) is 3.73. The number of carbonyl (C=O) groups excluding carboxylic acids is 2. The molecule has 3 rings (SSSR count). The van der Waals surface area contributed by atoms with E-state index in [0.29, 0.717) is 17.1 Å². The van der Waals surface area contributed by atoms with Crippen LogP contribution in [-0.2, 0) is 21.4 Å². The molecule has 0 aliphatic carbocycles. The van der Waals surface area contributed by atoms with Crippen LogP contribution < -0.4 is 24.0 Å². The quantitative estimate of drug-likeness (QED) is 0.420. The highest BCUT2D eigenvalue weighted by Gasteiger charge is 2.30. The topological polar surface area (TPSA) is 108 Å². The Morgan fingerprint density at radius 1 is 0.865 bits per heavy atom. The molecule has 3 aromatic carbocycles. The SMILES string of the molecule is COc1ccc(N(C)C(=O)C(Cc2ccccc2)NC(=O)NS(=O)(=O)N(c2ccccc2)C(C)C)cc1. The van der Waals surface area contributed by atoms with Crippen LogP contribution in [0.4, 0.5) is 16.2 Å². The first-order valence-electron chi connectivity index (χ1n) is 11.8. The first kappa shape index (κ1) is 27.5. The number of urea groups is 1. The molecule has 37 heavy (non-hydrogen) atoms. The molecule has 0 saturated carbocycles. The number of para-hydroxylation sites is 1. The summed E-state index contributed by atoms with van der Waals surface area (Å²) in [6.07, 6.45) is 0.167. The molecule has 3 amide bonds. The summed E-state index contributed by atoms with van der Waals surface area (Å²) in [4.78, 5) is 27.8. The molecule has 3 aromatic rings. The third kappa shape index (κ3) is 7.23. The van der Waals surface area contributed by atoms with E-state index in [1.807, 2.05) is 30.3 Å². The minimum atomic E-state index is -4.27. The van der Waals surface area contributed by atoms with Gasteiger partial charge in [0.15, 0.2) is 0 Å². The Bertz CT molecular complexity index is 1280. The summed E-state index contributed by atoms with van der Waals surface area (Å²) in [6, 6.07) is 22.0. The molecule has 9 nitrogen and oxygen atoms in total. The van der Waals surface area contributed by atoms with Crippen molar-refractivity contribution < 1.29 is 22.7 Å². The first-order chi connectivity index (χ1) is 17.6. The maximum Gasteiger partial charge on any atom is 0.330 e. The van der Waals surface area contributed by atoms with Gasteiger partial charge in [-0.05, 0) is 55.8 Å². The van der Waals surface area contributed by atoms with Gasteiger partial charge < -0.3 is 15.0 Å². The van der Waals surface area contributed by atoms with Gasteiger partial charge >= 0.3 is 16.2 Å². The highest BCUT2D eigenvalue weighted by Crippen LogP contribution is 2.21. The zero-order valence-electron chi connectivity index (χ0n) is 21.3. The molecular formula is C27H32N4O5S. The normalized spacial score (nSPS) is 11.9. The lowest BCUT2D eigenvalue weighted by Crippen LogP contribution is -2.55. The number of nitrogens with zero attached hydrogens (tertiary/aromatic N) is 2. The van der Waals surface area contributed by atoms with Gasteiger partial charge in [0.25, 0.3) is 0 Å². The number of benzene rings is 3. The molecule has 0 saturated heterocycles. The molecule has 0 aromatic heterocycles. The Hall–Kier alpha value is -4.05. The third-order valence-electron chi connectivity index (χ3n) is 5.64. The number of methoxy groups -OCH3 is 1. The molecule has 196 valence electrons. The van der Waals surface area contributed by atoms with Crippen LogP contribution in [0.3, 0.4) is 0 Å². The van der Waals surface area contributed by atoms with E-state index in [1.54, 1.807) is 82.6 Å². The number of rotatable bonds is 10. The zero-order valence-corrected chi connectivity index (χ0v) is 22.1. The van der Waals surface area contributed by atoms with E-state index in [4.69, 9.17) is 4.74 Å². The van der Waals surface area contributed by atoms with Crippen LogP contribution in [0, 0.1) is 0 Å². The van der Waals surface area contributed by atoms with Crippen molar-refractivity contribution in [1.82, 2.24) is 10.0 Å². The van der Waals surface area contributed by atoms with Crippen LogP contribution in [0.25, 0.3) is 0 Å². The molecule has 0 bridgehead atoms. The van der Waals surface area contributed by atoms with E-state index in [2.05, 4.69) is 10.0 Å². The van der Waals surface area contributed by atoms with Crippen LogP contribution >= 0.6 is 0 Å². The summed E-state index contributed by atoms with van der Waals surface area (Å²) in [6.45, 7) is 3.41. The van der Waals surface area contributed by atoms with E-state index in [-0.39, 0.29) is 6.42 Å². The Morgan fingerprint density at radius 3 is 1.97 bits per heavy atom. The number of hydrogen-bond donors (Lipinski definition) is 2. The van der Waals surface area contributed by atoms with Gasteiger partial charge in [0.05, 0.1) is 12.8 Å². The van der Waals surface area contributed by atoms with Gasteiger partial charge in [-0.25, -0.2) is 9.52 Å². The molecule has 0 fully saturated rings. The highest BCUT2D eigenvalue weighted by atomic mass is 32.2. The van der Waals surface area contributed by atoms with Crippen molar-refractivity contribution in [3.8, 4) is 5.75 Å². The second-order valence-corrected chi connectivity index (χ2v) is 10.2. The Kier molecular flexibility index (Phi) is 9.13. The molecule has 0 radical (unpaired) electrons. The fourth-order valence-electron chi connectivity index (χ4n) is 3.86. The average molecular weight is 525 g/mol. The Morgan fingerprint density at radius 2 is 1.43 bits per heavy atom. The smallest absolute Gasteiger partial charge is 0.330 e. The van der Waals surface area contributed by atoms with E-state index >= 15 is 0 Å². The molecule has 0 spiro atoms. The lowest BCUT2D eigenvalue weighted by atomic mass is 10.0. The van der Waals surface area contributed by atoms with Crippen LogP contribution in [0.5, 0.6) is 5.75 Å². The summed E-state index contributed by atoms with van der Waals surface area (Å²) in [5, 5.41) is 2.57. The van der Waals surface area contributed by atoms with Crippen LogP contribution in [0.15, 0.2) is 84.9 Å². The second kappa shape index (κ2) is 12.3. The number of nitrogens with one attached hydrogen (secondary N) is 2. The fourth-order valence-corrected chi connectivity index (χ4v) is 5.21. The van der Waals surface area contributed by atoms with Crippen LogP contribution in [0.1, 0.15) is 19.4 Å². The number of anilines is 2. The predicted molar refractivity (Wildman–Crippen MR) is 145 cm³/mol. The molecule has 1 atom stereocenters. The highest BCUT2D eigenvalue weighted by molar-refractivity contribution is 7.91. The third-order valence-corrected chi connectivity index (χ3v) is 7.23.